The van der Waals surface area contributed by atoms with Crippen LogP contribution in [0.2, 0.25) is 0 Å². The fourth-order valence-electron chi connectivity index (χ4n) is 1.49. The summed E-state index contributed by atoms with van der Waals surface area (Å²) in [6.45, 7) is 3.63. The van der Waals surface area contributed by atoms with E-state index in [-0.39, 0.29) is 17.7 Å². The van der Waals surface area contributed by atoms with Crippen LogP contribution < -0.4 is 15.2 Å². The molecule has 1 rings (SSSR count). The number of hydrogen-bond acceptors (Lipinski definition) is 4. The average molecular weight is 237 g/mol. The fraction of sp³-hybridized carbons (Fsp3) is 0.462. The highest BCUT2D eigenvalue weighted by Crippen LogP contribution is 2.27. The summed E-state index contributed by atoms with van der Waals surface area (Å²) >= 11 is 0. The molecule has 0 aliphatic rings. The Hall–Kier alpha value is -1.55. The predicted octanol–water partition coefficient (Wildman–Crippen LogP) is 1.87. The number of nitrogens with two attached hydrogens (primary N) is 1. The third-order valence-corrected chi connectivity index (χ3v) is 2.88. The van der Waals surface area contributed by atoms with Gasteiger partial charge in [-0.3, -0.25) is 4.79 Å². The summed E-state index contributed by atoms with van der Waals surface area (Å²) in [4.78, 5) is 12.2. The quantitative estimate of drug-likeness (QED) is 0.794. The van der Waals surface area contributed by atoms with Gasteiger partial charge >= 0.3 is 0 Å². The van der Waals surface area contributed by atoms with Crippen molar-refractivity contribution in [3.8, 4) is 11.5 Å². The first-order chi connectivity index (χ1) is 8.01. The molecule has 0 heterocycles. The fourth-order valence-corrected chi connectivity index (χ4v) is 1.49. The molecule has 0 aromatic heterocycles. The van der Waals surface area contributed by atoms with Crippen molar-refractivity contribution < 1.29 is 14.3 Å². The Morgan fingerprint density at radius 2 is 1.88 bits per heavy atom. The monoisotopic (exact) mass is 237 g/mol. The van der Waals surface area contributed by atoms with Gasteiger partial charge in [-0.15, -0.1) is 0 Å². The molecule has 0 aliphatic heterocycles. The minimum absolute atomic E-state index is 0.0143. The smallest absolute Gasteiger partial charge is 0.170 e. The van der Waals surface area contributed by atoms with Gasteiger partial charge in [-0.1, -0.05) is 6.92 Å². The highest BCUT2D eigenvalue weighted by atomic mass is 16.5. The molecule has 2 atom stereocenters. The molecule has 0 saturated heterocycles. The molecule has 94 valence electrons. The molecular weight excluding hydrogens is 218 g/mol. The summed E-state index contributed by atoms with van der Waals surface area (Å²) in [6, 6.07) is 4.96. The molecule has 4 heteroatoms. The molecule has 0 bridgehead atoms. The van der Waals surface area contributed by atoms with E-state index in [2.05, 4.69) is 0 Å². The van der Waals surface area contributed by atoms with Crippen LogP contribution in [0, 0.1) is 5.92 Å². The molecule has 17 heavy (non-hydrogen) atoms. The number of rotatable bonds is 5. The topological polar surface area (TPSA) is 61.5 Å². The average Bonchev–Trinajstić information content (AvgIpc) is 2.35. The van der Waals surface area contributed by atoms with Crippen molar-refractivity contribution in [2.75, 3.05) is 14.2 Å². The summed E-state index contributed by atoms with van der Waals surface area (Å²) in [6.07, 6.45) is 0. The Labute approximate surface area is 102 Å². The van der Waals surface area contributed by atoms with Crippen LogP contribution >= 0.6 is 0 Å². The Morgan fingerprint density at radius 3 is 2.35 bits per heavy atom. The number of ketones is 1. The van der Waals surface area contributed by atoms with Gasteiger partial charge in [0.15, 0.2) is 5.78 Å². The maximum absolute atomic E-state index is 12.2. The summed E-state index contributed by atoms with van der Waals surface area (Å²) in [7, 11) is 3.10. The minimum Gasteiger partial charge on any atom is -0.497 e. The van der Waals surface area contributed by atoms with Gasteiger partial charge < -0.3 is 15.2 Å². The first kappa shape index (κ1) is 13.5. The zero-order chi connectivity index (χ0) is 13.0. The lowest BCUT2D eigenvalue weighted by atomic mass is 9.93. The van der Waals surface area contributed by atoms with Crippen molar-refractivity contribution >= 4 is 5.78 Å². The van der Waals surface area contributed by atoms with Gasteiger partial charge in [0.2, 0.25) is 0 Å². The first-order valence-electron chi connectivity index (χ1n) is 5.53. The molecule has 0 saturated carbocycles. The molecule has 0 fully saturated rings. The predicted molar refractivity (Wildman–Crippen MR) is 66.7 cm³/mol. The van der Waals surface area contributed by atoms with Crippen molar-refractivity contribution in [3.63, 3.8) is 0 Å². The number of hydrogen-bond donors (Lipinski definition) is 1. The van der Waals surface area contributed by atoms with Crippen LogP contribution in [-0.4, -0.2) is 26.0 Å². The van der Waals surface area contributed by atoms with Gasteiger partial charge in [-0.2, -0.15) is 0 Å². The standard InChI is InChI=1S/C13H19NO3/c1-8(9(2)14)13(15)11-6-5-10(16-3)7-12(11)17-4/h5-9H,14H2,1-4H3. The summed E-state index contributed by atoms with van der Waals surface area (Å²) in [5.74, 6) is 0.922. The number of carbonyl (C=O) groups is 1. The molecule has 0 spiro atoms. The van der Waals surface area contributed by atoms with Crippen LogP contribution in [0.3, 0.4) is 0 Å². The molecular formula is C13H19NO3. The number of benzene rings is 1. The molecule has 4 nitrogen and oxygen atoms in total. The summed E-state index contributed by atoms with van der Waals surface area (Å²) in [5, 5.41) is 0. The van der Waals surface area contributed by atoms with Crippen LogP contribution in [0.15, 0.2) is 18.2 Å². The lowest BCUT2D eigenvalue weighted by Gasteiger charge is -2.16. The molecule has 0 radical (unpaired) electrons. The van der Waals surface area contributed by atoms with Crippen LogP contribution in [0.1, 0.15) is 24.2 Å². The van der Waals surface area contributed by atoms with Gasteiger partial charge in [0.05, 0.1) is 19.8 Å². The first-order valence-corrected chi connectivity index (χ1v) is 5.53. The maximum Gasteiger partial charge on any atom is 0.170 e. The molecule has 2 N–H and O–H groups in total. The third-order valence-electron chi connectivity index (χ3n) is 2.88. The van der Waals surface area contributed by atoms with E-state index in [4.69, 9.17) is 15.2 Å². The van der Waals surface area contributed by atoms with Gasteiger partial charge in [-0.25, -0.2) is 0 Å². The van der Waals surface area contributed by atoms with Crippen molar-refractivity contribution in [3.05, 3.63) is 23.8 Å². The largest absolute Gasteiger partial charge is 0.497 e. The van der Waals surface area contributed by atoms with E-state index in [1.165, 1.54) is 7.11 Å². The highest BCUT2D eigenvalue weighted by Gasteiger charge is 2.22. The van der Waals surface area contributed by atoms with Crippen LogP contribution in [0.25, 0.3) is 0 Å². The SMILES string of the molecule is COc1ccc(C(=O)C(C)C(C)N)c(OC)c1. The van der Waals surface area contributed by atoms with E-state index in [9.17, 15) is 4.79 Å². The molecule has 0 aliphatic carbocycles. The molecule has 1 aromatic carbocycles. The van der Waals surface area contributed by atoms with Crippen molar-refractivity contribution in [1.82, 2.24) is 0 Å². The van der Waals surface area contributed by atoms with Crippen LogP contribution in [-0.2, 0) is 0 Å². The molecule has 0 amide bonds. The summed E-state index contributed by atoms with van der Waals surface area (Å²) < 4.78 is 10.3. The molecule has 2 unspecified atom stereocenters. The third kappa shape index (κ3) is 2.97. The normalized spacial score (nSPS) is 13.9. The second-order valence-electron chi connectivity index (χ2n) is 4.08. The Balaban J connectivity index is 3.09. The van der Waals surface area contributed by atoms with Gasteiger partial charge in [0.1, 0.15) is 11.5 Å². The lowest BCUT2D eigenvalue weighted by molar-refractivity contribution is 0.0914. The van der Waals surface area contributed by atoms with E-state index < -0.39 is 0 Å². The Bertz CT molecular complexity index is 402. The van der Waals surface area contributed by atoms with E-state index in [1.54, 1.807) is 25.3 Å². The minimum atomic E-state index is -0.239. The van der Waals surface area contributed by atoms with E-state index >= 15 is 0 Å². The van der Waals surface area contributed by atoms with Crippen LogP contribution in [0.4, 0.5) is 0 Å². The number of ether oxygens (including phenoxy) is 2. The lowest BCUT2D eigenvalue weighted by Crippen LogP contribution is -2.30. The van der Waals surface area contributed by atoms with Gasteiger partial charge in [-0.05, 0) is 19.1 Å². The highest BCUT2D eigenvalue weighted by molar-refractivity contribution is 6.00. The number of carbonyl (C=O) groups excluding carboxylic acids is 1. The van der Waals surface area contributed by atoms with E-state index in [1.807, 2.05) is 13.8 Å². The van der Waals surface area contributed by atoms with Crippen LogP contribution in [0.5, 0.6) is 11.5 Å². The number of methoxy groups -OCH3 is 2. The maximum atomic E-state index is 12.2. The zero-order valence-corrected chi connectivity index (χ0v) is 10.7. The second kappa shape index (κ2) is 5.68. The van der Waals surface area contributed by atoms with Crippen molar-refractivity contribution in [2.24, 2.45) is 11.7 Å². The summed E-state index contributed by atoms with van der Waals surface area (Å²) in [5.41, 5.74) is 6.28. The van der Waals surface area contributed by atoms with Crippen molar-refractivity contribution in [2.45, 2.75) is 19.9 Å². The van der Waals surface area contributed by atoms with E-state index in [0.717, 1.165) is 0 Å². The second-order valence-corrected chi connectivity index (χ2v) is 4.08. The Kier molecular flexibility index (Phi) is 4.52. The zero-order valence-electron chi connectivity index (χ0n) is 10.7. The molecule has 1 aromatic rings. The van der Waals surface area contributed by atoms with Crippen molar-refractivity contribution in [1.29, 1.82) is 0 Å². The number of Topliss-reactive ketones (excluding diaryl/α,β-unsaturated/α-hetero) is 1. The van der Waals surface area contributed by atoms with E-state index in [0.29, 0.717) is 17.1 Å². The van der Waals surface area contributed by atoms with Gasteiger partial charge in [0, 0.05) is 18.0 Å². The Morgan fingerprint density at radius 1 is 1.24 bits per heavy atom. The van der Waals surface area contributed by atoms with Gasteiger partial charge in [0.25, 0.3) is 0 Å².